The number of aromatic nitrogens is 2. The van der Waals surface area contributed by atoms with E-state index in [0.717, 1.165) is 16.6 Å². The minimum atomic E-state index is -0.573. The van der Waals surface area contributed by atoms with E-state index in [2.05, 4.69) is 4.98 Å². The van der Waals surface area contributed by atoms with Crippen LogP contribution in [0.3, 0.4) is 0 Å². The molecule has 0 spiro atoms. The predicted molar refractivity (Wildman–Crippen MR) is 120 cm³/mol. The second kappa shape index (κ2) is 8.26. The number of imidazole rings is 1. The molecule has 0 radical (unpaired) electrons. The van der Waals surface area contributed by atoms with E-state index in [1.807, 2.05) is 50.6 Å². The van der Waals surface area contributed by atoms with E-state index in [-0.39, 0.29) is 11.5 Å². The van der Waals surface area contributed by atoms with Crippen LogP contribution in [0.15, 0.2) is 42.7 Å². The Morgan fingerprint density at radius 1 is 0.969 bits per heavy atom. The van der Waals surface area contributed by atoms with Crippen molar-refractivity contribution >= 4 is 23.0 Å². The van der Waals surface area contributed by atoms with Crippen LogP contribution in [0, 0.1) is 5.82 Å². The van der Waals surface area contributed by atoms with Crippen LogP contribution in [-0.4, -0.2) is 63.1 Å². The number of nitrogens with zero attached hydrogens (tertiary/aromatic N) is 4. The maximum atomic E-state index is 14.9. The Morgan fingerprint density at radius 3 is 2.25 bits per heavy atom. The van der Waals surface area contributed by atoms with Crippen LogP contribution in [0.2, 0.25) is 0 Å². The third kappa shape index (κ3) is 4.44. The minimum Gasteiger partial charge on any atom is -0.444 e. The normalized spacial score (nSPS) is 14.7. The van der Waals surface area contributed by atoms with Crippen molar-refractivity contribution in [2.45, 2.75) is 26.4 Å². The van der Waals surface area contributed by atoms with Crippen molar-refractivity contribution in [3.8, 4) is 11.1 Å². The van der Waals surface area contributed by atoms with Gasteiger partial charge in [-0.3, -0.25) is 4.79 Å². The fraction of sp³-hybridized carbons (Fsp3) is 0.375. The average Bonchev–Trinajstić information content (AvgIpc) is 3.12. The smallest absolute Gasteiger partial charge is 0.410 e. The maximum absolute atomic E-state index is 14.9. The number of halogens is 1. The van der Waals surface area contributed by atoms with Gasteiger partial charge in [-0.05, 0) is 56.2 Å². The number of fused-ring (bicyclic) bond motifs is 1. The molecule has 0 unspecified atom stereocenters. The summed E-state index contributed by atoms with van der Waals surface area (Å²) >= 11 is 0. The summed E-state index contributed by atoms with van der Waals surface area (Å²) in [6, 6.07) is 10.4. The summed E-state index contributed by atoms with van der Waals surface area (Å²) in [6.45, 7) is 6.79. The van der Waals surface area contributed by atoms with E-state index < -0.39 is 17.5 Å². The Morgan fingerprint density at radius 2 is 1.59 bits per heavy atom. The first kappa shape index (κ1) is 21.8. The minimum absolute atomic E-state index is 0.0263. The topological polar surface area (TPSA) is 67.7 Å². The van der Waals surface area contributed by atoms with Gasteiger partial charge in [-0.15, -0.1) is 0 Å². The Bertz CT molecular complexity index is 1170. The van der Waals surface area contributed by atoms with Crippen molar-refractivity contribution in [1.82, 2.24) is 19.4 Å². The first-order chi connectivity index (χ1) is 15.1. The molecule has 8 heteroatoms. The molecule has 3 aromatic rings. The van der Waals surface area contributed by atoms with E-state index in [9.17, 15) is 14.0 Å². The highest BCUT2D eigenvalue weighted by atomic mass is 19.1. The van der Waals surface area contributed by atoms with Crippen LogP contribution < -0.4 is 0 Å². The van der Waals surface area contributed by atoms with Crippen molar-refractivity contribution in [1.29, 1.82) is 0 Å². The van der Waals surface area contributed by atoms with Crippen LogP contribution in [0.25, 0.3) is 22.2 Å². The van der Waals surface area contributed by atoms with E-state index >= 15 is 0 Å². The molecule has 0 bridgehead atoms. The molecule has 2 heterocycles. The van der Waals surface area contributed by atoms with E-state index in [1.54, 1.807) is 22.2 Å². The summed E-state index contributed by atoms with van der Waals surface area (Å²) in [6.07, 6.45) is 1.34. The SMILES string of the molecule is Cn1cnc2cc(-c3ccc(C(=O)N4CCN(C(=O)OC(C)(C)C)CC4)c(F)c3)ccc21. The maximum Gasteiger partial charge on any atom is 0.410 e. The van der Waals surface area contributed by atoms with Gasteiger partial charge in [-0.2, -0.15) is 0 Å². The first-order valence-electron chi connectivity index (χ1n) is 10.6. The Kier molecular flexibility index (Phi) is 5.62. The summed E-state index contributed by atoms with van der Waals surface area (Å²) in [7, 11) is 1.92. The lowest BCUT2D eigenvalue weighted by atomic mass is 10.0. The highest BCUT2D eigenvalue weighted by molar-refractivity contribution is 5.95. The molecule has 1 aliphatic rings. The zero-order valence-corrected chi connectivity index (χ0v) is 18.8. The molecule has 7 nitrogen and oxygen atoms in total. The van der Waals surface area contributed by atoms with Gasteiger partial charge in [-0.1, -0.05) is 12.1 Å². The van der Waals surface area contributed by atoms with Gasteiger partial charge < -0.3 is 19.1 Å². The number of amides is 2. The van der Waals surface area contributed by atoms with Gasteiger partial charge in [0.25, 0.3) is 5.91 Å². The Labute approximate surface area is 186 Å². The fourth-order valence-corrected chi connectivity index (χ4v) is 3.77. The number of hydrogen-bond acceptors (Lipinski definition) is 4. The van der Waals surface area contributed by atoms with Gasteiger partial charge >= 0.3 is 6.09 Å². The number of rotatable bonds is 2. The molecule has 1 aliphatic heterocycles. The summed E-state index contributed by atoms with van der Waals surface area (Å²) in [4.78, 5) is 32.6. The number of ether oxygens (including phenoxy) is 1. The van der Waals surface area contributed by atoms with E-state index in [4.69, 9.17) is 4.74 Å². The van der Waals surface area contributed by atoms with Gasteiger partial charge in [0.2, 0.25) is 0 Å². The average molecular weight is 439 g/mol. The molecule has 0 aliphatic carbocycles. The van der Waals surface area contributed by atoms with Crippen LogP contribution in [0.1, 0.15) is 31.1 Å². The van der Waals surface area contributed by atoms with Gasteiger partial charge in [0, 0.05) is 33.2 Å². The number of hydrogen-bond donors (Lipinski definition) is 0. The van der Waals surface area contributed by atoms with E-state index in [0.29, 0.717) is 31.7 Å². The molecule has 0 N–H and O–H groups in total. The van der Waals surface area contributed by atoms with Crippen LogP contribution in [-0.2, 0) is 11.8 Å². The first-order valence-corrected chi connectivity index (χ1v) is 10.6. The Hall–Kier alpha value is -3.42. The van der Waals surface area contributed by atoms with Crippen LogP contribution in [0.5, 0.6) is 0 Å². The highest BCUT2D eigenvalue weighted by Crippen LogP contribution is 2.26. The second-order valence-electron chi connectivity index (χ2n) is 9.01. The van der Waals surface area contributed by atoms with Gasteiger partial charge in [0.05, 0.1) is 22.9 Å². The Balaban J connectivity index is 1.45. The van der Waals surface area contributed by atoms with Crippen molar-refractivity contribution in [2.75, 3.05) is 26.2 Å². The molecule has 1 aromatic heterocycles. The van der Waals surface area contributed by atoms with Gasteiger partial charge in [0.1, 0.15) is 11.4 Å². The molecule has 4 rings (SSSR count). The lowest BCUT2D eigenvalue weighted by Crippen LogP contribution is -2.51. The van der Waals surface area contributed by atoms with Crippen molar-refractivity contribution < 1.29 is 18.7 Å². The summed E-state index contributed by atoms with van der Waals surface area (Å²) in [5.74, 6) is -0.943. The molecule has 0 atom stereocenters. The number of piperazine rings is 1. The molecule has 1 fully saturated rings. The van der Waals surface area contributed by atoms with Crippen molar-refractivity contribution in [3.63, 3.8) is 0 Å². The number of aryl methyl sites for hydroxylation is 1. The van der Waals surface area contributed by atoms with Crippen LogP contribution >= 0.6 is 0 Å². The standard InChI is InChI=1S/C24H27FN4O3/c1-24(2,3)32-23(31)29-11-9-28(10-12-29)22(30)18-7-5-16(13-19(18)25)17-6-8-21-20(14-17)26-15-27(21)4/h5-8,13-15H,9-12H2,1-4H3. The zero-order chi connectivity index (χ0) is 23.0. The van der Waals surface area contributed by atoms with E-state index in [1.165, 1.54) is 12.1 Å². The summed E-state index contributed by atoms with van der Waals surface area (Å²) < 4.78 is 22.2. The molecule has 32 heavy (non-hydrogen) atoms. The third-order valence-corrected chi connectivity index (χ3v) is 5.48. The molecule has 168 valence electrons. The molecule has 0 saturated carbocycles. The lowest BCUT2D eigenvalue weighted by Gasteiger charge is -2.35. The molecule has 1 saturated heterocycles. The molecule has 2 amide bonds. The zero-order valence-electron chi connectivity index (χ0n) is 18.8. The van der Waals surface area contributed by atoms with Crippen LogP contribution in [0.4, 0.5) is 9.18 Å². The summed E-state index contributed by atoms with van der Waals surface area (Å²) in [5, 5.41) is 0. The molecule has 2 aromatic carbocycles. The third-order valence-electron chi connectivity index (χ3n) is 5.48. The number of benzene rings is 2. The highest BCUT2D eigenvalue weighted by Gasteiger charge is 2.29. The molecular weight excluding hydrogens is 411 g/mol. The number of carbonyl (C=O) groups excluding carboxylic acids is 2. The molecular formula is C24H27FN4O3. The summed E-state index contributed by atoms with van der Waals surface area (Å²) in [5.41, 5.74) is 2.79. The second-order valence-corrected chi connectivity index (χ2v) is 9.01. The largest absolute Gasteiger partial charge is 0.444 e. The predicted octanol–water partition coefficient (Wildman–Crippen LogP) is 4.07. The van der Waals surface area contributed by atoms with Crippen molar-refractivity contribution in [3.05, 3.63) is 54.1 Å². The lowest BCUT2D eigenvalue weighted by molar-refractivity contribution is 0.0140. The van der Waals surface area contributed by atoms with Gasteiger partial charge in [-0.25, -0.2) is 14.2 Å². The number of carbonyl (C=O) groups is 2. The fourth-order valence-electron chi connectivity index (χ4n) is 3.77. The van der Waals surface area contributed by atoms with Gasteiger partial charge in [0.15, 0.2) is 0 Å². The monoisotopic (exact) mass is 438 g/mol. The quantitative estimate of drug-likeness (QED) is 0.605. The van der Waals surface area contributed by atoms with Crippen molar-refractivity contribution in [2.24, 2.45) is 7.05 Å².